The van der Waals surface area contributed by atoms with E-state index in [-0.39, 0.29) is 29.6 Å². The topological polar surface area (TPSA) is 80.2 Å². The number of halogens is 1. The van der Waals surface area contributed by atoms with Crippen LogP contribution in [0.4, 0.5) is 4.39 Å². The number of nitrogens with one attached hydrogen (secondary N) is 2. The largest absolute Gasteiger partial charge is 0.355 e. The molecule has 7 heteroatoms. The summed E-state index contributed by atoms with van der Waals surface area (Å²) in [5.74, 6) is -0.899. The Morgan fingerprint density at radius 2 is 2.00 bits per heavy atom. The molecule has 1 aromatic heterocycles. The van der Waals surface area contributed by atoms with Gasteiger partial charge in [0, 0.05) is 19.3 Å². The fourth-order valence-electron chi connectivity index (χ4n) is 2.78. The number of hydrogen-bond donors (Lipinski definition) is 2. The minimum atomic E-state index is -0.572. The van der Waals surface area contributed by atoms with Crippen molar-refractivity contribution in [2.75, 3.05) is 7.05 Å². The maximum atomic E-state index is 13.4. The number of nitrogens with zero attached hydrogens (tertiary/aromatic N) is 1. The fourth-order valence-corrected chi connectivity index (χ4v) is 2.78. The maximum Gasteiger partial charge on any atom is 0.263 e. The van der Waals surface area contributed by atoms with Gasteiger partial charge in [0.1, 0.15) is 11.4 Å². The second kappa shape index (κ2) is 7.11. The van der Waals surface area contributed by atoms with E-state index in [4.69, 9.17) is 0 Å². The van der Waals surface area contributed by atoms with Crippen molar-refractivity contribution in [3.8, 4) is 0 Å². The van der Waals surface area contributed by atoms with Crippen molar-refractivity contribution in [2.45, 2.75) is 25.9 Å². The van der Waals surface area contributed by atoms with Crippen molar-refractivity contribution in [1.29, 1.82) is 0 Å². The SMILES string of the molecule is CNC(=O)c1cc(C(=O)N[C@@H]2C[C@H]2C)cn(Cc2cccc(F)c2)c1=O. The lowest BCUT2D eigenvalue weighted by Crippen LogP contribution is -2.34. The Morgan fingerprint density at radius 1 is 1.27 bits per heavy atom. The van der Waals surface area contributed by atoms with Gasteiger partial charge in [-0.1, -0.05) is 19.1 Å². The molecule has 1 fully saturated rings. The Hall–Kier alpha value is -2.96. The van der Waals surface area contributed by atoms with Gasteiger partial charge in [-0.3, -0.25) is 14.4 Å². The monoisotopic (exact) mass is 357 g/mol. The highest BCUT2D eigenvalue weighted by Crippen LogP contribution is 2.29. The van der Waals surface area contributed by atoms with Crippen LogP contribution in [0.25, 0.3) is 0 Å². The molecule has 1 saturated carbocycles. The zero-order valence-corrected chi connectivity index (χ0v) is 14.6. The molecule has 6 nitrogen and oxygen atoms in total. The molecular formula is C19H20FN3O3. The molecule has 1 aliphatic rings. The number of carbonyl (C=O) groups excluding carboxylic acids is 2. The number of aromatic nitrogens is 1. The number of hydrogen-bond acceptors (Lipinski definition) is 3. The van der Waals surface area contributed by atoms with Crippen LogP contribution in [0, 0.1) is 11.7 Å². The molecule has 3 rings (SSSR count). The first-order valence-corrected chi connectivity index (χ1v) is 8.41. The molecule has 2 atom stereocenters. The lowest BCUT2D eigenvalue weighted by molar-refractivity contribution is 0.0948. The molecule has 0 unspecified atom stereocenters. The molecule has 2 aromatic rings. The number of rotatable bonds is 5. The number of benzene rings is 1. The lowest BCUT2D eigenvalue weighted by Gasteiger charge is -2.12. The average molecular weight is 357 g/mol. The summed E-state index contributed by atoms with van der Waals surface area (Å²) in [6.45, 7) is 2.09. The normalized spacial score (nSPS) is 18.3. The lowest BCUT2D eigenvalue weighted by atomic mass is 10.1. The van der Waals surface area contributed by atoms with E-state index in [1.165, 1.54) is 36.0 Å². The van der Waals surface area contributed by atoms with Crippen LogP contribution < -0.4 is 16.2 Å². The van der Waals surface area contributed by atoms with E-state index in [0.717, 1.165) is 6.42 Å². The van der Waals surface area contributed by atoms with E-state index >= 15 is 0 Å². The molecule has 1 aliphatic carbocycles. The Morgan fingerprint density at radius 3 is 2.62 bits per heavy atom. The summed E-state index contributed by atoms with van der Waals surface area (Å²) in [5.41, 5.74) is 0.118. The Bertz CT molecular complexity index is 922. The average Bonchev–Trinajstić information content (AvgIpc) is 3.30. The number of carbonyl (C=O) groups is 2. The van der Waals surface area contributed by atoms with Gasteiger partial charge in [-0.2, -0.15) is 0 Å². The van der Waals surface area contributed by atoms with Crippen LogP contribution in [0.15, 0.2) is 41.3 Å². The number of amides is 2. The molecular weight excluding hydrogens is 337 g/mol. The first-order chi connectivity index (χ1) is 12.4. The maximum absolute atomic E-state index is 13.4. The van der Waals surface area contributed by atoms with Gasteiger partial charge < -0.3 is 15.2 Å². The summed E-state index contributed by atoms with van der Waals surface area (Å²) in [4.78, 5) is 37.1. The molecule has 136 valence electrons. The second-order valence-electron chi connectivity index (χ2n) is 6.58. The molecule has 0 bridgehead atoms. The fraction of sp³-hybridized carbons (Fsp3) is 0.316. The zero-order chi connectivity index (χ0) is 18.8. The van der Waals surface area contributed by atoms with Crippen molar-refractivity contribution < 1.29 is 14.0 Å². The quantitative estimate of drug-likeness (QED) is 0.852. The third kappa shape index (κ3) is 3.82. The highest BCUT2D eigenvalue weighted by atomic mass is 19.1. The minimum Gasteiger partial charge on any atom is -0.355 e. The summed E-state index contributed by atoms with van der Waals surface area (Å²) >= 11 is 0. The van der Waals surface area contributed by atoms with Crippen LogP contribution in [0.3, 0.4) is 0 Å². The van der Waals surface area contributed by atoms with E-state index < -0.39 is 17.3 Å². The van der Waals surface area contributed by atoms with Crippen LogP contribution in [0.5, 0.6) is 0 Å². The van der Waals surface area contributed by atoms with E-state index in [9.17, 15) is 18.8 Å². The second-order valence-corrected chi connectivity index (χ2v) is 6.58. The van der Waals surface area contributed by atoms with Crippen molar-refractivity contribution in [1.82, 2.24) is 15.2 Å². The van der Waals surface area contributed by atoms with Crippen LogP contribution in [-0.4, -0.2) is 29.5 Å². The predicted molar refractivity (Wildman–Crippen MR) is 94.6 cm³/mol. The van der Waals surface area contributed by atoms with Gasteiger partial charge in [0.15, 0.2) is 0 Å². The van der Waals surface area contributed by atoms with Gasteiger partial charge in [0.2, 0.25) is 0 Å². The zero-order valence-electron chi connectivity index (χ0n) is 14.6. The highest BCUT2D eigenvalue weighted by Gasteiger charge is 2.34. The van der Waals surface area contributed by atoms with E-state index in [0.29, 0.717) is 11.5 Å². The standard InChI is InChI=1S/C19H20FN3O3/c1-11-6-16(11)22-17(24)13-8-15(18(25)21-2)19(26)23(10-13)9-12-4-3-5-14(20)7-12/h3-5,7-8,10-11,16H,6,9H2,1-2H3,(H,21,25)(H,22,24)/t11-,16-/m1/s1. The van der Waals surface area contributed by atoms with Gasteiger partial charge in [-0.15, -0.1) is 0 Å². The Kier molecular flexibility index (Phi) is 4.88. The summed E-state index contributed by atoms with van der Waals surface area (Å²) < 4.78 is 14.7. The van der Waals surface area contributed by atoms with E-state index in [2.05, 4.69) is 10.6 Å². The van der Waals surface area contributed by atoms with Crippen molar-refractivity contribution in [3.05, 3.63) is 69.4 Å². The smallest absolute Gasteiger partial charge is 0.263 e. The molecule has 2 amide bonds. The van der Waals surface area contributed by atoms with Crippen LogP contribution in [-0.2, 0) is 6.54 Å². The third-order valence-electron chi connectivity index (χ3n) is 4.49. The molecule has 0 aliphatic heterocycles. The molecule has 2 N–H and O–H groups in total. The first-order valence-electron chi connectivity index (χ1n) is 8.41. The molecule has 0 saturated heterocycles. The Labute approximate surface area is 150 Å². The van der Waals surface area contributed by atoms with Crippen molar-refractivity contribution in [3.63, 3.8) is 0 Å². The predicted octanol–water partition coefficient (Wildman–Crippen LogP) is 1.53. The van der Waals surface area contributed by atoms with Crippen LogP contribution >= 0.6 is 0 Å². The Balaban J connectivity index is 1.98. The van der Waals surface area contributed by atoms with E-state index in [1.807, 2.05) is 6.92 Å². The van der Waals surface area contributed by atoms with Gasteiger partial charge in [0.05, 0.1) is 12.1 Å². The molecule has 0 radical (unpaired) electrons. The molecule has 0 spiro atoms. The molecule has 26 heavy (non-hydrogen) atoms. The molecule has 1 heterocycles. The summed E-state index contributed by atoms with van der Waals surface area (Å²) in [6, 6.07) is 7.25. The summed E-state index contributed by atoms with van der Waals surface area (Å²) in [7, 11) is 1.41. The van der Waals surface area contributed by atoms with Crippen LogP contribution in [0.2, 0.25) is 0 Å². The highest BCUT2D eigenvalue weighted by molar-refractivity contribution is 5.99. The van der Waals surface area contributed by atoms with E-state index in [1.54, 1.807) is 12.1 Å². The van der Waals surface area contributed by atoms with Crippen molar-refractivity contribution >= 4 is 11.8 Å². The van der Waals surface area contributed by atoms with Gasteiger partial charge in [0.25, 0.3) is 17.4 Å². The summed E-state index contributed by atoms with van der Waals surface area (Å²) in [6.07, 6.45) is 2.32. The summed E-state index contributed by atoms with van der Waals surface area (Å²) in [5, 5.41) is 5.28. The van der Waals surface area contributed by atoms with Gasteiger partial charge in [-0.05, 0) is 36.1 Å². The van der Waals surface area contributed by atoms with Crippen LogP contribution in [0.1, 0.15) is 39.6 Å². The van der Waals surface area contributed by atoms with Gasteiger partial charge >= 0.3 is 0 Å². The first kappa shape index (κ1) is 17.8. The number of pyridine rings is 1. The van der Waals surface area contributed by atoms with Gasteiger partial charge in [-0.25, -0.2) is 4.39 Å². The third-order valence-corrected chi connectivity index (χ3v) is 4.49. The minimum absolute atomic E-state index is 0.0571. The molecule has 1 aromatic carbocycles. The van der Waals surface area contributed by atoms with Crippen molar-refractivity contribution in [2.24, 2.45) is 5.92 Å².